The van der Waals surface area contributed by atoms with Gasteiger partial charge >= 0.3 is 0 Å². The number of aromatic amines is 1. The van der Waals surface area contributed by atoms with Gasteiger partial charge in [-0.05, 0) is 24.8 Å². The Morgan fingerprint density at radius 3 is 2.94 bits per heavy atom. The smallest absolute Gasteiger partial charge is 0.227 e. The van der Waals surface area contributed by atoms with E-state index in [1.54, 1.807) is 18.5 Å². The van der Waals surface area contributed by atoms with Crippen molar-refractivity contribution in [2.75, 3.05) is 25.0 Å². The predicted octanol–water partition coefficient (Wildman–Crippen LogP) is 4.51. The van der Waals surface area contributed by atoms with E-state index in [-0.39, 0.29) is 17.6 Å². The van der Waals surface area contributed by atoms with Crippen LogP contribution in [-0.4, -0.2) is 50.4 Å². The minimum Gasteiger partial charge on any atom is -0.367 e. The second-order valence-corrected chi connectivity index (χ2v) is 9.47. The van der Waals surface area contributed by atoms with Crippen molar-refractivity contribution >= 4 is 34.4 Å². The van der Waals surface area contributed by atoms with Crippen molar-refractivity contribution in [2.24, 2.45) is 11.3 Å². The van der Waals surface area contributed by atoms with Gasteiger partial charge in [0, 0.05) is 48.4 Å². The Hall–Kier alpha value is -2.74. The van der Waals surface area contributed by atoms with Gasteiger partial charge in [0.05, 0.1) is 11.2 Å². The molecule has 7 nitrogen and oxygen atoms in total. The van der Waals surface area contributed by atoms with Gasteiger partial charge in [0.1, 0.15) is 5.65 Å². The normalized spacial score (nSPS) is 17.2. The number of nitrogens with one attached hydrogen (secondary N) is 2. The molecular formula is C22H26ClFN6O. The SMILES string of the molecule is CC(C)(C)C(=O)N1CCCC(CNc2nc(-c3c[nH]c4ncc(Cl)cc34)ncc2F)C1. The zero-order valence-electron chi connectivity index (χ0n) is 17.9. The lowest BCUT2D eigenvalue weighted by Gasteiger charge is -2.36. The molecule has 4 heterocycles. The summed E-state index contributed by atoms with van der Waals surface area (Å²) in [6, 6.07) is 1.78. The van der Waals surface area contributed by atoms with Crippen LogP contribution in [0.4, 0.5) is 10.2 Å². The number of anilines is 1. The van der Waals surface area contributed by atoms with E-state index in [1.807, 2.05) is 25.7 Å². The molecule has 0 aromatic carbocycles. The number of rotatable bonds is 4. The summed E-state index contributed by atoms with van der Waals surface area (Å²) in [5, 5.41) is 4.40. The first-order chi connectivity index (χ1) is 14.7. The predicted molar refractivity (Wildman–Crippen MR) is 119 cm³/mol. The van der Waals surface area contributed by atoms with Gasteiger partial charge in [0.15, 0.2) is 17.5 Å². The molecule has 1 unspecified atom stereocenters. The summed E-state index contributed by atoms with van der Waals surface area (Å²) in [7, 11) is 0. The van der Waals surface area contributed by atoms with Gasteiger partial charge in [-0.15, -0.1) is 0 Å². The van der Waals surface area contributed by atoms with Crippen molar-refractivity contribution in [3.63, 3.8) is 0 Å². The first kappa shape index (κ1) is 21.5. The summed E-state index contributed by atoms with van der Waals surface area (Å²) < 4.78 is 14.4. The van der Waals surface area contributed by atoms with Crippen LogP contribution in [0.15, 0.2) is 24.7 Å². The van der Waals surface area contributed by atoms with E-state index < -0.39 is 11.2 Å². The molecule has 1 fully saturated rings. The maximum Gasteiger partial charge on any atom is 0.227 e. The fraction of sp³-hybridized carbons (Fsp3) is 0.455. The number of carbonyl (C=O) groups is 1. The molecule has 2 N–H and O–H groups in total. The number of piperidine rings is 1. The molecular weight excluding hydrogens is 419 g/mol. The quantitative estimate of drug-likeness (QED) is 0.618. The van der Waals surface area contributed by atoms with Gasteiger partial charge in [-0.2, -0.15) is 0 Å². The molecule has 3 aromatic rings. The van der Waals surface area contributed by atoms with Crippen LogP contribution in [0.2, 0.25) is 5.02 Å². The Balaban J connectivity index is 1.49. The molecule has 0 saturated carbocycles. The molecule has 9 heteroatoms. The summed E-state index contributed by atoms with van der Waals surface area (Å²) in [6.07, 6.45) is 6.38. The van der Waals surface area contributed by atoms with Crippen molar-refractivity contribution in [2.45, 2.75) is 33.6 Å². The number of H-pyrrole nitrogens is 1. The fourth-order valence-corrected chi connectivity index (χ4v) is 4.07. The van der Waals surface area contributed by atoms with Crippen LogP contribution in [0.5, 0.6) is 0 Å². The molecule has 1 aliphatic heterocycles. The van der Waals surface area contributed by atoms with E-state index in [9.17, 15) is 9.18 Å². The van der Waals surface area contributed by atoms with Crippen LogP contribution in [-0.2, 0) is 4.79 Å². The Kier molecular flexibility index (Phi) is 5.83. The van der Waals surface area contributed by atoms with Crippen LogP contribution < -0.4 is 5.32 Å². The van der Waals surface area contributed by atoms with Crippen LogP contribution >= 0.6 is 11.6 Å². The molecule has 4 rings (SSSR count). The molecule has 1 amide bonds. The average Bonchev–Trinajstić information content (AvgIpc) is 3.15. The number of amides is 1. The van der Waals surface area contributed by atoms with Crippen molar-refractivity contribution in [3.8, 4) is 11.4 Å². The van der Waals surface area contributed by atoms with Crippen molar-refractivity contribution in [1.29, 1.82) is 0 Å². The van der Waals surface area contributed by atoms with Gasteiger partial charge < -0.3 is 15.2 Å². The van der Waals surface area contributed by atoms with E-state index in [0.29, 0.717) is 35.1 Å². The standard InChI is InChI=1S/C22H26ClFN6O/c1-22(2,3)21(31)30-6-4-5-13(12-30)8-25-20-17(24)11-28-19(29-20)16-10-27-18-15(16)7-14(23)9-26-18/h7,9-11,13H,4-6,8,12H2,1-3H3,(H,26,27)(H,25,28,29). The maximum absolute atomic E-state index is 14.4. The third-order valence-corrected chi connectivity index (χ3v) is 5.70. The second-order valence-electron chi connectivity index (χ2n) is 9.03. The molecule has 31 heavy (non-hydrogen) atoms. The number of hydrogen-bond donors (Lipinski definition) is 2. The number of aromatic nitrogens is 4. The van der Waals surface area contributed by atoms with E-state index in [1.165, 1.54) is 0 Å². The number of pyridine rings is 1. The minimum absolute atomic E-state index is 0.147. The molecule has 0 bridgehead atoms. The Morgan fingerprint density at radius 2 is 2.16 bits per heavy atom. The Labute approximate surface area is 185 Å². The molecule has 1 atom stereocenters. The lowest BCUT2D eigenvalue weighted by molar-refractivity contribution is -0.141. The average molecular weight is 445 g/mol. The summed E-state index contributed by atoms with van der Waals surface area (Å²) in [5.74, 6) is 0.396. The molecule has 0 spiro atoms. The highest BCUT2D eigenvalue weighted by molar-refractivity contribution is 6.31. The molecule has 0 radical (unpaired) electrons. The monoisotopic (exact) mass is 444 g/mol. The third-order valence-electron chi connectivity index (χ3n) is 5.49. The first-order valence-electron chi connectivity index (χ1n) is 10.4. The van der Waals surface area contributed by atoms with Crippen molar-refractivity contribution < 1.29 is 9.18 Å². The zero-order valence-corrected chi connectivity index (χ0v) is 18.6. The lowest BCUT2D eigenvalue weighted by atomic mass is 9.91. The highest BCUT2D eigenvalue weighted by Crippen LogP contribution is 2.29. The first-order valence-corrected chi connectivity index (χ1v) is 10.8. The topological polar surface area (TPSA) is 86.8 Å². The number of hydrogen-bond acceptors (Lipinski definition) is 5. The van der Waals surface area contributed by atoms with Crippen LogP contribution in [0.1, 0.15) is 33.6 Å². The van der Waals surface area contributed by atoms with Gasteiger partial charge in [-0.3, -0.25) is 4.79 Å². The van der Waals surface area contributed by atoms with Crippen LogP contribution in [0, 0.1) is 17.2 Å². The highest BCUT2D eigenvalue weighted by atomic mass is 35.5. The molecule has 0 aliphatic carbocycles. The van der Waals surface area contributed by atoms with Crippen molar-refractivity contribution in [1.82, 2.24) is 24.8 Å². The van der Waals surface area contributed by atoms with Gasteiger partial charge in [-0.1, -0.05) is 32.4 Å². The van der Waals surface area contributed by atoms with E-state index in [2.05, 4.69) is 25.3 Å². The number of likely N-dealkylation sites (tertiary alicyclic amines) is 1. The van der Waals surface area contributed by atoms with Gasteiger partial charge in [0.25, 0.3) is 0 Å². The molecule has 3 aromatic heterocycles. The van der Waals surface area contributed by atoms with E-state index >= 15 is 0 Å². The lowest BCUT2D eigenvalue weighted by Crippen LogP contribution is -2.46. The third kappa shape index (κ3) is 4.63. The summed E-state index contributed by atoms with van der Waals surface area (Å²) in [4.78, 5) is 30.4. The Morgan fingerprint density at radius 1 is 1.35 bits per heavy atom. The zero-order chi connectivity index (χ0) is 22.2. The number of carbonyl (C=O) groups excluding carboxylic acids is 1. The van der Waals surface area contributed by atoms with Crippen LogP contribution in [0.25, 0.3) is 22.4 Å². The number of nitrogens with zero attached hydrogens (tertiary/aromatic N) is 4. The largest absolute Gasteiger partial charge is 0.367 e. The van der Waals surface area contributed by atoms with E-state index in [4.69, 9.17) is 11.6 Å². The van der Waals surface area contributed by atoms with Crippen LogP contribution in [0.3, 0.4) is 0 Å². The molecule has 164 valence electrons. The molecule has 1 aliphatic rings. The minimum atomic E-state index is -0.516. The van der Waals surface area contributed by atoms with Crippen molar-refractivity contribution in [3.05, 3.63) is 35.5 Å². The summed E-state index contributed by atoms with van der Waals surface area (Å²) in [5.41, 5.74) is 0.959. The summed E-state index contributed by atoms with van der Waals surface area (Å²) in [6.45, 7) is 7.76. The van der Waals surface area contributed by atoms with E-state index in [0.717, 1.165) is 31.0 Å². The number of halogens is 2. The molecule has 1 saturated heterocycles. The Bertz CT molecular complexity index is 1110. The fourth-order valence-electron chi connectivity index (χ4n) is 3.92. The summed E-state index contributed by atoms with van der Waals surface area (Å²) >= 11 is 6.07. The highest BCUT2D eigenvalue weighted by Gasteiger charge is 2.31. The van der Waals surface area contributed by atoms with Gasteiger partial charge in [-0.25, -0.2) is 19.3 Å². The number of fused-ring (bicyclic) bond motifs is 1. The maximum atomic E-state index is 14.4. The van der Waals surface area contributed by atoms with Gasteiger partial charge in [0.2, 0.25) is 5.91 Å². The second kappa shape index (κ2) is 8.42.